The molecule has 8 heteroatoms. The van der Waals surface area contributed by atoms with Gasteiger partial charge < -0.3 is 15.2 Å². The highest BCUT2D eigenvalue weighted by molar-refractivity contribution is 6.05. The van der Waals surface area contributed by atoms with Gasteiger partial charge in [0.2, 0.25) is 0 Å². The monoisotopic (exact) mass is 414 g/mol. The van der Waals surface area contributed by atoms with E-state index in [9.17, 15) is 18.0 Å². The summed E-state index contributed by atoms with van der Waals surface area (Å²) in [5.74, 6) is 0.610. The highest BCUT2D eigenvalue weighted by Gasteiger charge is 2.35. The van der Waals surface area contributed by atoms with Crippen molar-refractivity contribution in [1.82, 2.24) is 20.2 Å². The molecule has 1 atom stereocenters. The summed E-state index contributed by atoms with van der Waals surface area (Å²) in [6, 6.07) is 10.4. The highest BCUT2D eigenvalue weighted by Crippen LogP contribution is 2.32. The number of hydrogen-bond acceptors (Lipinski definition) is 3. The van der Waals surface area contributed by atoms with Gasteiger partial charge in [0.25, 0.3) is 5.91 Å². The van der Waals surface area contributed by atoms with E-state index in [-0.39, 0.29) is 11.9 Å². The highest BCUT2D eigenvalue weighted by atomic mass is 19.4. The third-order valence-electron chi connectivity index (χ3n) is 6.19. The first-order valence-corrected chi connectivity index (χ1v) is 10.1. The zero-order chi connectivity index (χ0) is 20.9. The Kier molecular flexibility index (Phi) is 4.54. The van der Waals surface area contributed by atoms with Gasteiger partial charge in [-0.25, -0.2) is 4.98 Å². The van der Waals surface area contributed by atoms with Crippen molar-refractivity contribution in [3.05, 3.63) is 53.6 Å². The zero-order valence-electron chi connectivity index (χ0n) is 16.2. The molecule has 0 radical (unpaired) electrons. The molecular formula is C22H21F3N4O. The summed E-state index contributed by atoms with van der Waals surface area (Å²) in [5, 5.41) is 3.15. The van der Waals surface area contributed by atoms with E-state index in [2.05, 4.69) is 20.2 Å². The molecule has 3 fully saturated rings. The van der Waals surface area contributed by atoms with Crippen LogP contribution in [0.1, 0.15) is 28.8 Å². The fourth-order valence-corrected chi connectivity index (χ4v) is 4.57. The minimum Gasteiger partial charge on any atom is -0.348 e. The number of para-hydroxylation sites is 1. The number of aromatic amines is 1. The molecule has 30 heavy (non-hydrogen) atoms. The van der Waals surface area contributed by atoms with Crippen LogP contribution in [0.5, 0.6) is 0 Å². The standard InChI is InChI=1S/C22H21F3N4O/c23-22(24,25)15-4-1-3-14(11-15)20-26-17-6-2-5-16(19(17)28-20)21(30)27-18-12-29-9-7-13(18)8-10-29/h1-6,11,13,18H,7-10,12H2,(H,26,28)(H,27,30). The number of rotatable bonds is 3. The number of imidazole rings is 1. The van der Waals surface area contributed by atoms with Crippen molar-refractivity contribution in [2.75, 3.05) is 19.6 Å². The van der Waals surface area contributed by atoms with E-state index in [4.69, 9.17) is 0 Å². The molecular weight excluding hydrogens is 393 g/mol. The Bertz CT molecular complexity index is 1100. The van der Waals surface area contributed by atoms with Gasteiger partial charge in [-0.1, -0.05) is 18.2 Å². The van der Waals surface area contributed by atoms with Crippen LogP contribution in [0.4, 0.5) is 13.2 Å². The molecule has 0 aliphatic carbocycles. The second-order valence-corrected chi connectivity index (χ2v) is 8.08. The van der Waals surface area contributed by atoms with Crippen molar-refractivity contribution >= 4 is 16.9 Å². The van der Waals surface area contributed by atoms with Crippen molar-refractivity contribution in [3.8, 4) is 11.4 Å². The average Bonchev–Trinajstić information content (AvgIpc) is 3.18. The van der Waals surface area contributed by atoms with Crippen LogP contribution in [0, 0.1) is 5.92 Å². The lowest BCUT2D eigenvalue weighted by Gasteiger charge is -2.44. The number of alkyl halides is 3. The van der Waals surface area contributed by atoms with E-state index >= 15 is 0 Å². The molecule has 1 aromatic heterocycles. The number of hydrogen-bond donors (Lipinski definition) is 2. The second-order valence-electron chi connectivity index (χ2n) is 8.08. The predicted molar refractivity (Wildman–Crippen MR) is 107 cm³/mol. The number of nitrogens with one attached hydrogen (secondary N) is 2. The van der Waals surface area contributed by atoms with Crippen molar-refractivity contribution in [2.45, 2.75) is 25.1 Å². The summed E-state index contributed by atoms with van der Waals surface area (Å²) in [6.07, 6.45) is -2.24. The van der Waals surface area contributed by atoms with Gasteiger partial charge in [-0.2, -0.15) is 13.2 Å². The lowest BCUT2D eigenvalue weighted by molar-refractivity contribution is -0.137. The predicted octanol–water partition coefficient (Wildman–Crippen LogP) is 4.07. The average molecular weight is 414 g/mol. The lowest BCUT2D eigenvalue weighted by atomic mass is 9.84. The number of piperidine rings is 3. The van der Waals surface area contributed by atoms with E-state index in [1.807, 2.05) is 0 Å². The van der Waals surface area contributed by atoms with Gasteiger partial charge in [0.05, 0.1) is 16.6 Å². The number of carbonyl (C=O) groups excluding carboxylic acids is 1. The Hall–Kier alpha value is -2.87. The maximum atomic E-state index is 13.1. The van der Waals surface area contributed by atoms with Gasteiger partial charge in [0, 0.05) is 18.2 Å². The SMILES string of the molecule is O=C(NC1CN2CCC1CC2)c1cccc2[nH]c(-c3cccc(C(F)(F)F)c3)nc12. The molecule has 3 aliphatic rings. The Labute approximate surface area is 171 Å². The van der Waals surface area contributed by atoms with Crippen molar-refractivity contribution < 1.29 is 18.0 Å². The number of fused-ring (bicyclic) bond motifs is 4. The summed E-state index contributed by atoms with van der Waals surface area (Å²) >= 11 is 0. The van der Waals surface area contributed by atoms with E-state index < -0.39 is 11.7 Å². The quantitative estimate of drug-likeness (QED) is 0.679. The van der Waals surface area contributed by atoms with Gasteiger partial charge in [-0.05, 0) is 56.1 Å². The molecule has 0 spiro atoms. The number of H-pyrrole nitrogens is 1. The van der Waals surface area contributed by atoms with Crippen molar-refractivity contribution in [1.29, 1.82) is 0 Å². The third-order valence-corrected chi connectivity index (χ3v) is 6.19. The molecule has 3 saturated heterocycles. The number of benzene rings is 2. The third kappa shape index (κ3) is 3.45. The molecule has 1 unspecified atom stereocenters. The van der Waals surface area contributed by atoms with Crippen LogP contribution < -0.4 is 5.32 Å². The number of aromatic nitrogens is 2. The molecule has 3 aromatic rings. The normalized spacial score (nSPS) is 23.6. The Morgan fingerprint density at radius 2 is 1.90 bits per heavy atom. The first kappa shape index (κ1) is 19.1. The minimum atomic E-state index is -4.43. The number of halogens is 3. The van der Waals surface area contributed by atoms with Gasteiger partial charge in [0.15, 0.2) is 0 Å². The minimum absolute atomic E-state index is 0.122. The van der Waals surface area contributed by atoms with Crippen molar-refractivity contribution in [3.63, 3.8) is 0 Å². The Morgan fingerprint density at radius 3 is 2.60 bits per heavy atom. The molecule has 2 aromatic carbocycles. The van der Waals surface area contributed by atoms with Crippen LogP contribution in [0.3, 0.4) is 0 Å². The van der Waals surface area contributed by atoms with Crippen LogP contribution in [0.2, 0.25) is 0 Å². The van der Waals surface area contributed by atoms with Crippen LogP contribution >= 0.6 is 0 Å². The maximum absolute atomic E-state index is 13.1. The summed E-state index contributed by atoms with van der Waals surface area (Å²) in [7, 11) is 0. The van der Waals surface area contributed by atoms with Gasteiger partial charge in [-0.3, -0.25) is 4.79 Å². The Morgan fingerprint density at radius 1 is 1.13 bits per heavy atom. The first-order valence-electron chi connectivity index (χ1n) is 10.1. The fraction of sp³-hybridized carbons (Fsp3) is 0.364. The van der Waals surface area contributed by atoms with Gasteiger partial charge in [-0.15, -0.1) is 0 Å². The topological polar surface area (TPSA) is 61.0 Å². The molecule has 156 valence electrons. The second kappa shape index (κ2) is 7.12. The molecule has 3 aliphatic heterocycles. The number of nitrogens with zero attached hydrogens (tertiary/aromatic N) is 2. The maximum Gasteiger partial charge on any atom is 0.416 e. The van der Waals surface area contributed by atoms with E-state index in [0.717, 1.165) is 44.6 Å². The molecule has 6 rings (SSSR count). The number of amides is 1. The molecule has 2 bridgehead atoms. The van der Waals surface area contributed by atoms with Crippen LogP contribution in [0.15, 0.2) is 42.5 Å². The summed E-state index contributed by atoms with van der Waals surface area (Å²) in [6.45, 7) is 3.04. The van der Waals surface area contributed by atoms with Crippen LogP contribution in [0.25, 0.3) is 22.4 Å². The molecule has 2 N–H and O–H groups in total. The Balaban J connectivity index is 1.45. The molecule has 4 heterocycles. The van der Waals surface area contributed by atoms with Gasteiger partial charge >= 0.3 is 6.18 Å². The van der Waals surface area contributed by atoms with Crippen LogP contribution in [-0.4, -0.2) is 46.5 Å². The molecule has 0 saturated carbocycles. The van der Waals surface area contributed by atoms with Gasteiger partial charge in [0.1, 0.15) is 11.3 Å². The summed E-state index contributed by atoms with van der Waals surface area (Å²) < 4.78 is 39.2. The number of carbonyl (C=O) groups is 1. The first-order chi connectivity index (χ1) is 14.4. The summed E-state index contributed by atoms with van der Waals surface area (Å²) in [5.41, 5.74) is 1.09. The van der Waals surface area contributed by atoms with E-state index in [1.165, 1.54) is 6.07 Å². The lowest BCUT2D eigenvalue weighted by Crippen LogP contribution is -2.57. The zero-order valence-corrected chi connectivity index (χ0v) is 16.2. The fourth-order valence-electron chi connectivity index (χ4n) is 4.57. The molecule has 1 amide bonds. The van der Waals surface area contributed by atoms with E-state index in [0.29, 0.717) is 33.9 Å². The molecule has 5 nitrogen and oxygen atoms in total. The largest absolute Gasteiger partial charge is 0.416 e. The summed E-state index contributed by atoms with van der Waals surface area (Å²) in [4.78, 5) is 22.9. The van der Waals surface area contributed by atoms with Crippen molar-refractivity contribution in [2.24, 2.45) is 5.92 Å². The van der Waals surface area contributed by atoms with Crippen LogP contribution in [-0.2, 0) is 6.18 Å². The van der Waals surface area contributed by atoms with E-state index in [1.54, 1.807) is 24.3 Å². The smallest absolute Gasteiger partial charge is 0.348 e.